The van der Waals surface area contributed by atoms with Gasteiger partial charge in [0.25, 0.3) is 0 Å². The number of nitrogens with two attached hydrogens (primary N) is 1. The zero-order chi connectivity index (χ0) is 13.7. The highest BCUT2D eigenvalue weighted by atomic mass is 32.1. The van der Waals surface area contributed by atoms with Gasteiger partial charge in [-0.2, -0.15) is 0 Å². The Morgan fingerprint density at radius 1 is 1.56 bits per heavy atom. The number of benzene rings is 1. The first-order valence-electron chi connectivity index (χ1n) is 5.72. The van der Waals surface area contributed by atoms with Gasteiger partial charge in [0.05, 0.1) is 6.61 Å². The second kappa shape index (κ2) is 6.35. The average molecular weight is 266 g/mol. The van der Waals surface area contributed by atoms with Gasteiger partial charge in [0.2, 0.25) is 5.91 Å². The number of carbonyl (C=O) groups excluding carboxylic acids is 1. The molecule has 0 heterocycles. The number of hydrogen-bond acceptors (Lipinski definition) is 3. The zero-order valence-electron chi connectivity index (χ0n) is 10.8. The number of rotatable bonds is 5. The lowest BCUT2D eigenvalue weighted by Crippen LogP contribution is -2.37. The van der Waals surface area contributed by atoms with Gasteiger partial charge in [-0.15, -0.1) is 0 Å². The zero-order valence-corrected chi connectivity index (χ0v) is 11.7. The Morgan fingerprint density at radius 3 is 2.72 bits per heavy atom. The van der Waals surface area contributed by atoms with Crippen molar-refractivity contribution in [2.24, 2.45) is 5.73 Å². The van der Waals surface area contributed by atoms with E-state index in [1.165, 1.54) is 11.8 Å². The minimum atomic E-state index is -0.405. The van der Waals surface area contributed by atoms with Crippen LogP contribution in [0.15, 0.2) is 24.3 Å². The topological polar surface area (TPSA) is 55.6 Å². The maximum atomic E-state index is 11.5. The molecule has 5 heteroatoms. The van der Waals surface area contributed by atoms with E-state index in [-0.39, 0.29) is 10.9 Å². The van der Waals surface area contributed by atoms with Crippen LogP contribution in [0.5, 0.6) is 5.75 Å². The Bertz CT molecular complexity index is 448. The van der Waals surface area contributed by atoms with E-state index >= 15 is 0 Å². The molecular formula is C13H18N2O2S. The number of likely N-dealkylation sites (N-methyl/N-ethyl adjacent to an activating group) is 1. The first-order chi connectivity index (χ1) is 8.47. The third-order valence-electron chi connectivity index (χ3n) is 2.64. The molecular weight excluding hydrogens is 248 g/mol. The van der Waals surface area contributed by atoms with Crippen molar-refractivity contribution in [3.63, 3.8) is 0 Å². The molecule has 1 rings (SSSR count). The van der Waals surface area contributed by atoms with E-state index in [0.717, 1.165) is 11.3 Å². The van der Waals surface area contributed by atoms with E-state index < -0.39 is 6.04 Å². The number of thiocarbonyl (C=S) groups is 1. The monoisotopic (exact) mass is 266 g/mol. The van der Waals surface area contributed by atoms with Gasteiger partial charge in [-0.3, -0.25) is 4.79 Å². The van der Waals surface area contributed by atoms with E-state index in [9.17, 15) is 4.79 Å². The van der Waals surface area contributed by atoms with Gasteiger partial charge in [-0.05, 0) is 24.6 Å². The van der Waals surface area contributed by atoms with Gasteiger partial charge in [0.1, 0.15) is 16.8 Å². The van der Waals surface area contributed by atoms with Crippen LogP contribution in [0.1, 0.15) is 25.5 Å². The molecule has 1 aromatic rings. The maximum Gasteiger partial charge on any atom is 0.220 e. The standard InChI is InChI=1S/C13H18N2O2S/c1-4-17-11-7-5-6-10(8-11)12(13(14)18)15(3)9(2)16/h5-8,12H,4H2,1-3H3,(H2,14,18). The Balaban J connectivity index is 3.09. The van der Waals surface area contributed by atoms with Gasteiger partial charge >= 0.3 is 0 Å². The summed E-state index contributed by atoms with van der Waals surface area (Å²) in [6.45, 7) is 3.99. The summed E-state index contributed by atoms with van der Waals surface area (Å²) in [6, 6.07) is 7.05. The van der Waals surface area contributed by atoms with Crippen LogP contribution in [0.3, 0.4) is 0 Å². The molecule has 0 radical (unpaired) electrons. The van der Waals surface area contributed by atoms with Crippen molar-refractivity contribution < 1.29 is 9.53 Å². The molecule has 2 N–H and O–H groups in total. The highest BCUT2D eigenvalue weighted by Crippen LogP contribution is 2.24. The predicted octanol–water partition coefficient (Wildman–Crippen LogP) is 1.89. The van der Waals surface area contributed by atoms with Crippen LogP contribution in [0.4, 0.5) is 0 Å². The van der Waals surface area contributed by atoms with E-state index in [0.29, 0.717) is 6.61 Å². The van der Waals surface area contributed by atoms with Crippen LogP contribution < -0.4 is 10.5 Å². The number of amides is 1. The van der Waals surface area contributed by atoms with Crippen molar-refractivity contribution >= 4 is 23.1 Å². The predicted molar refractivity (Wildman–Crippen MR) is 75.6 cm³/mol. The fourth-order valence-electron chi connectivity index (χ4n) is 1.70. The van der Waals surface area contributed by atoms with Crippen molar-refractivity contribution in [2.45, 2.75) is 19.9 Å². The summed E-state index contributed by atoms with van der Waals surface area (Å²) in [4.78, 5) is 13.2. The van der Waals surface area contributed by atoms with E-state index in [1.54, 1.807) is 7.05 Å². The maximum absolute atomic E-state index is 11.5. The van der Waals surface area contributed by atoms with Crippen LogP contribution in [0.2, 0.25) is 0 Å². The molecule has 0 saturated carbocycles. The molecule has 0 saturated heterocycles. The summed E-state index contributed by atoms with van der Waals surface area (Å²) < 4.78 is 5.43. The van der Waals surface area contributed by atoms with Gasteiger partial charge in [0, 0.05) is 14.0 Å². The molecule has 0 aliphatic rings. The van der Waals surface area contributed by atoms with Gasteiger partial charge < -0.3 is 15.4 Å². The van der Waals surface area contributed by atoms with Crippen molar-refractivity contribution in [1.29, 1.82) is 0 Å². The normalized spacial score (nSPS) is 11.7. The fourth-order valence-corrected chi connectivity index (χ4v) is 2.00. The fraction of sp³-hybridized carbons (Fsp3) is 0.385. The van der Waals surface area contributed by atoms with Crippen LogP contribution >= 0.6 is 12.2 Å². The summed E-state index contributed by atoms with van der Waals surface area (Å²) >= 11 is 5.05. The lowest BCUT2D eigenvalue weighted by Gasteiger charge is -2.26. The van der Waals surface area contributed by atoms with Crippen LogP contribution in [0.25, 0.3) is 0 Å². The van der Waals surface area contributed by atoms with Crippen molar-refractivity contribution in [3.8, 4) is 5.75 Å². The smallest absolute Gasteiger partial charge is 0.220 e. The van der Waals surface area contributed by atoms with Crippen LogP contribution in [-0.4, -0.2) is 29.5 Å². The quantitative estimate of drug-likeness (QED) is 0.827. The first kappa shape index (κ1) is 14.4. The van der Waals surface area contributed by atoms with Gasteiger partial charge in [-0.25, -0.2) is 0 Å². The van der Waals surface area contributed by atoms with Crippen molar-refractivity contribution in [3.05, 3.63) is 29.8 Å². The summed E-state index contributed by atoms with van der Waals surface area (Å²) in [6.07, 6.45) is 0. The molecule has 0 aromatic heterocycles. The Morgan fingerprint density at radius 2 is 2.22 bits per heavy atom. The SMILES string of the molecule is CCOc1cccc(C(C(N)=S)N(C)C(C)=O)c1. The Kier molecular flexibility index (Phi) is 5.09. The highest BCUT2D eigenvalue weighted by Gasteiger charge is 2.22. The molecule has 1 unspecified atom stereocenters. The molecule has 1 amide bonds. The number of carbonyl (C=O) groups is 1. The van der Waals surface area contributed by atoms with E-state index in [1.807, 2.05) is 31.2 Å². The summed E-state index contributed by atoms with van der Waals surface area (Å²) in [5.41, 5.74) is 6.58. The molecule has 1 aromatic carbocycles. The highest BCUT2D eigenvalue weighted by molar-refractivity contribution is 7.80. The molecule has 0 spiro atoms. The molecule has 0 fully saturated rings. The molecule has 4 nitrogen and oxygen atoms in total. The summed E-state index contributed by atoms with van der Waals surface area (Å²) in [5, 5.41) is 0. The molecule has 0 bridgehead atoms. The summed E-state index contributed by atoms with van der Waals surface area (Å²) in [5.74, 6) is 0.655. The second-order valence-corrected chi connectivity index (χ2v) is 4.41. The minimum Gasteiger partial charge on any atom is -0.494 e. The third-order valence-corrected chi connectivity index (χ3v) is 2.86. The number of nitrogens with zero attached hydrogens (tertiary/aromatic N) is 1. The van der Waals surface area contributed by atoms with Gasteiger partial charge in [0.15, 0.2) is 0 Å². The minimum absolute atomic E-state index is 0.0883. The average Bonchev–Trinajstić information content (AvgIpc) is 2.29. The second-order valence-electron chi connectivity index (χ2n) is 3.94. The van der Waals surface area contributed by atoms with E-state index in [4.69, 9.17) is 22.7 Å². The lowest BCUT2D eigenvalue weighted by atomic mass is 10.1. The molecule has 0 aliphatic carbocycles. The van der Waals surface area contributed by atoms with Crippen molar-refractivity contribution in [2.75, 3.05) is 13.7 Å². The van der Waals surface area contributed by atoms with Crippen molar-refractivity contribution in [1.82, 2.24) is 4.90 Å². The first-order valence-corrected chi connectivity index (χ1v) is 6.13. The summed E-state index contributed by atoms with van der Waals surface area (Å²) in [7, 11) is 1.68. The van der Waals surface area contributed by atoms with Crippen LogP contribution in [0, 0.1) is 0 Å². The molecule has 98 valence electrons. The Labute approximate surface area is 113 Å². The number of ether oxygens (including phenoxy) is 1. The molecule has 0 aliphatic heterocycles. The lowest BCUT2D eigenvalue weighted by molar-refractivity contribution is -0.128. The van der Waals surface area contributed by atoms with E-state index in [2.05, 4.69) is 0 Å². The van der Waals surface area contributed by atoms with Gasteiger partial charge in [-0.1, -0.05) is 24.4 Å². The number of hydrogen-bond donors (Lipinski definition) is 1. The largest absolute Gasteiger partial charge is 0.494 e. The molecule has 1 atom stereocenters. The Hall–Kier alpha value is -1.62. The third kappa shape index (κ3) is 3.43. The van der Waals surface area contributed by atoms with Crippen LogP contribution in [-0.2, 0) is 4.79 Å². The molecule has 18 heavy (non-hydrogen) atoms.